The Morgan fingerprint density at radius 1 is 1.23 bits per heavy atom. The molecular weight excluding hydrogens is 434 g/mol. The maximum Gasteiger partial charge on any atom is 0.336 e. The lowest BCUT2D eigenvalue weighted by molar-refractivity contribution is -0.136. The van der Waals surface area contributed by atoms with Gasteiger partial charge in [0.15, 0.2) is 5.78 Å². The van der Waals surface area contributed by atoms with Crippen molar-refractivity contribution in [2.75, 3.05) is 7.11 Å². The first-order valence-corrected chi connectivity index (χ1v) is 11.4. The maximum absolute atomic E-state index is 12.9. The van der Waals surface area contributed by atoms with Gasteiger partial charge in [-0.15, -0.1) is 11.3 Å². The molecule has 5 nitrogen and oxygen atoms in total. The molecule has 0 amide bonds. The summed E-state index contributed by atoms with van der Waals surface area (Å²) in [5.41, 5.74) is 3.90. The number of allylic oxidation sites excluding steroid dienone is 3. The molecule has 1 atom stereocenters. The van der Waals surface area contributed by atoms with Crippen LogP contribution in [0.1, 0.15) is 47.4 Å². The Morgan fingerprint density at radius 2 is 1.97 bits per heavy atom. The zero-order valence-electron chi connectivity index (χ0n) is 17.7. The zero-order chi connectivity index (χ0) is 22.1. The molecule has 0 unspecified atom stereocenters. The van der Waals surface area contributed by atoms with E-state index in [1.807, 2.05) is 26.0 Å². The molecule has 162 valence electrons. The van der Waals surface area contributed by atoms with Crippen molar-refractivity contribution in [2.45, 2.75) is 45.6 Å². The van der Waals surface area contributed by atoms with Crippen molar-refractivity contribution in [1.29, 1.82) is 0 Å². The molecule has 0 saturated heterocycles. The lowest BCUT2D eigenvalue weighted by Gasteiger charge is -2.33. The van der Waals surface area contributed by atoms with Gasteiger partial charge in [0.1, 0.15) is 12.4 Å². The standard InChI is InChI=1S/C24H24ClNO4S/c1-13-21(24(28)29-3)23(22-18(26-13)5-4-6-19(22)27)20-11-15(14(2)31-20)12-30-17-9-7-16(25)8-10-17/h7-11,23,26H,4-6,12H2,1-3H3/t23-/m0/s1. The van der Waals surface area contributed by atoms with Crippen LogP contribution in [0.5, 0.6) is 5.75 Å². The summed E-state index contributed by atoms with van der Waals surface area (Å²) in [5, 5.41) is 3.95. The largest absolute Gasteiger partial charge is 0.489 e. The first kappa shape index (κ1) is 21.7. The van der Waals surface area contributed by atoms with Crippen LogP contribution in [0.4, 0.5) is 0 Å². The molecule has 0 spiro atoms. The summed E-state index contributed by atoms with van der Waals surface area (Å²) in [5.74, 6) is 0.00366. The number of halogens is 1. The minimum Gasteiger partial charge on any atom is -0.489 e. The van der Waals surface area contributed by atoms with Crippen LogP contribution >= 0.6 is 22.9 Å². The van der Waals surface area contributed by atoms with Gasteiger partial charge in [-0.3, -0.25) is 4.79 Å². The maximum atomic E-state index is 12.9. The predicted octanol–water partition coefficient (Wildman–Crippen LogP) is 5.43. The van der Waals surface area contributed by atoms with Crippen molar-refractivity contribution in [2.24, 2.45) is 0 Å². The van der Waals surface area contributed by atoms with Gasteiger partial charge in [-0.05, 0) is 57.0 Å². The van der Waals surface area contributed by atoms with E-state index in [0.29, 0.717) is 29.2 Å². The van der Waals surface area contributed by atoms with Crippen LogP contribution in [0.2, 0.25) is 5.02 Å². The van der Waals surface area contributed by atoms with Gasteiger partial charge in [-0.2, -0.15) is 0 Å². The van der Waals surface area contributed by atoms with E-state index in [0.717, 1.165) is 45.3 Å². The van der Waals surface area contributed by atoms with E-state index in [1.165, 1.54) is 7.11 Å². The van der Waals surface area contributed by atoms with Gasteiger partial charge in [0.05, 0.1) is 18.6 Å². The summed E-state index contributed by atoms with van der Waals surface area (Å²) in [6.45, 7) is 4.29. The van der Waals surface area contributed by atoms with Gasteiger partial charge >= 0.3 is 5.97 Å². The number of ether oxygens (including phenoxy) is 2. The number of Topliss-reactive ketones (excluding diaryl/α,β-unsaturated/α-hetero) is 1. The summed E-state index contributed by atoms with van der Waals surface area (Å²) in [6, 6.07) is 9.29. The fourth-order valence-corrected chi connectivity index (χ4v) is 5.45. The number of dihydropyridines is 1. The fraction of sp³-hybridized carbons (Fsp3) is 0.333. The van der Waals surface area contributed by atoms with Crippen molar-refractivity contribution >= 4 is 34.7 Å². The van der Waals surface area contributed by atoms with Gasteiger partial charge in [0.25, 0.3) is 0 Å². The number of aryl methyl sites for hydroxylation is 1. The van der Waals surface area contributed by atoms with Gasteiger partial charge in [-0.25, -0.2) is 4.79 Å². The Hall–Kier alpha value is -2.57. The fourth-order valence-electron chi connectivity index (χ4n) is 4.17. The Labute approximate surface area is 190 Å². The van der Waals surface area contributed by atoms with Crippen LogP contribution in [0, 0.1) is 6.92 Å². The Balaban J connectivity index is 1.69. The van der Waals surface area contributed by atoms with Crippen molar-refractivity contribution in [1.82, 2.24) is 5.32 Å². The molecule has 2 heterocycles. The summed E-state index contributed by atoms with van der Waals surface area (Å²) in [6.07, 6.45) is 2.13. The minimum atomic E-state index is -0.413. The number of methoxy groups -OCH3 is 1. The molecule has 1 N–H and O–H groups in total. The summed E-state index contributed by atoms with van der Waals surface area (Å²) >= 11 is 7.53. The molecule has 4 rings (SSSR count). The van der Waals surface area contributed by atoms with Crippen molar-refractivity contribution < 1.29 is 19.1 Å². The number of carbonyl (C=O) groups excluding carboxylic acids is 2. The second-order valence-electron chi connectivity index (χ2n) is 7.73. The van der Waals surface area contributed by atoms with E-state index in [-0.39, 0.29) is 5.78 Å². The minimum absolute atomic E-state index is 0.0951. The molecule has 1 aliphatic carbocycles. The topological polar surface area (TPSA) is 64.6 Å². The van der Waals surface area contributed by atoms with Gasteiger partial charge in [-0.1, -0.05) is 11.6 Å². The van der Waals surface area contributed by atoms with E-state index >= 15 is 0 Å². The number of ketones is 1. The number of nitrogens with one attached hydrogen (secondary N) is 1. The van der Waals surface area contributed by atoms with Gasteiger partial charge in [0, 0.05) is 43.7 Å². The number of benzene rings is 1. The molecule has 0 fully saturated rings. The third kappa shape index (κ3) is 4.27. The highest BCUT2D eigenvalue weighted by Gasteiger charge is 2.39. The van der Waals surface area contributed by atoms with Crippen LogP contribution in [0.25, 0.3) is 0 Å². The molecule has 7 heteroatoms. The van der Waals surface area contributed by atoms with Crippen molar-refractivity contribution in [3.8, 4) is 5.75 Å². The number of thiophene rings is 1. The second-order valence-corrected chi connectivity index (χ2v) is 9.45. The predicted molar refractivity (Wildman–Crippen MR) is 121 cm³/mol. The van der Waals surface area contributed by atoms with E-state index in [2.05, 4.69) is 11.4 Å². The van der Waals surface area contributed by atoms with Crippen LogP contribution in [0.15, 0.2) is 52.9 Å². The quantitative estimate of drug-likeness (QED) is 0.606. The molecule has 2 aromatic rings. The molecule has 1 aliphatic heterocycles. The van der Waals surface area contributed by atoms with Gasteiger partial charge < -0.3 is 14.8 Å². The molecule has 0 radical (unpaired) electrons. The van der Waals surface area contributed by atoms with Crippen molar-refractivity contribution in [3.63, 3.8) is 0 Å². The van der Waals surface area contributed by atoms with E-state index in [4.69, 9.17) is 21.1 Å². The molecule has 31 heavy (non-hydrogen) atoms. The summed E-state index contributed by atoms with van der Waals surface area (Å²) in [7, 11) is 1.37. The number of hydrogen-bond acceptors (Lipinski definition) is 6. The Morgan fingerprint density at radius 3 is 2.68 bits per heavy atom. The molecule has 0 saturated carbocycles. The average molecular weight is 458 g/mol. The molecule has 2 aliphatic rings. The lowest BCUT2D eigenvalue weighted by atomic mass is 9.78. The Bertz CT molecular complexity index is 1100. The number of hydrogen-bond donors (Lipinski definition) is 1. The van der Waals surface area contributed by atoms with Crippen LogP contribution < -0.4 is 10.1 Å². The third-order valence-electron chi connectivity index (χ3n) is 5.71. The highest BCUT2D eigenvalue weighted by atomic mass is 35.5. The number of esters is 1. The van der Waals surface area contributed by atoms with E-state index in [9.17, 15) is 9.59 Å². The summed E-state index contributed by atoms with van der Waals surface area (Å²) < 4.78 is 11.0. The molecule has 1 aromatic heterocycles. The Kier molecular flexibility index (Phi) is 6.21. The second kappa shape index (κ2) is 8.89. The molecule has 1 aromatic carbocycles. The van der Waals surface area contributed by atoms with E-state index in [1.54, 1.807) is 23.5 Å². The normalized spacial score (nSPS) is 18.6. The SMILES string of the molecule is COC(=O)C1=C(C)NC2=C(C(=O)CCC2)[C@H]1c1cc(COc2ccc(Cl)cc2)c(C)s1. The lowest BCUT2D eigenvalue weighted by Crippen LogP contribution is -2.33. The smallest absolute Gasteiger partial charge is 0.336 e. The van der Waals surface area contributed by atoms with Crippen LogP contribution in [-0.4, -0.2) is 18.9 Å². The number of carbonyl (C=O) groups is 2. The zero-order valence-corrected chi connectivity index (χ0v) is 19.3. The first-order chi connectivity index (χ1) is 14.9. The average Bonchev–Trinajstić information content (AvgIpc) is 3.12. The van der Waals surface area contributed by atoms with Crippen LogP contribution in [-0.2, 0) is 20.9 Å². The monoisotopic (exact) mass is 457 g/mol. The third-order valence-corrected chi connectivity index (χ3v) is 7.12. The molecular formula is C24H24ClNO4S. The van der Waals surface area contributed by atoms with E-state index < -0.39 is 11.9 Å². The molecule has 0 bridgehead atoms. The highest BCUT2D eigenvalue weighted by molar-refractivity contribution is 7.12. The van der Waals surface area contributed by atoms with Crippen molar-refractivity contribution in [3.05, 3.63) is 73.2 Å². The number of rotatable bonds is 5. The van der Waals surface area contributed by atoms with Crippen LogP contribution in [0.3, 0.4) is 0 Å². The highest BCUT2D eigenvalue weighted by Crippen LogP contribution is 2.45. The summed E-state index contributed by atoms with van der Waals surface area (Å²) in [4.78, 5) is 27.6. The first-order valence-electron chi connectivity index (χ1n) is 10.2. The van der Waals surface area contributed by atoms with Gasteiger partial charge in [0.2, 0.25) is 0 Å².